The minimum Gasteiger partial charge on any atom is -0.501 e. The van der Waals surface area contributed by atoms with Crippen molar-refractivity contribution in [3.63, 3.8) is 0 Å². The highest BCUT2D eigenvalue weighted by Gasteiger charge is 1.99. The molecule has 0 spiro atoms. The summed E-state index contributed by atoms with van der Waals surface area (Å²) < 4.78 is 5.03. The Balaban J connectivity index is 2.37. The molecule has 46 valence electrons. The van der Waals surface area contributed by atoms with E-state index in [0.717, 1.165) is 19.4 Å². The van der Waals surface area contributed by atoms with E-state index in [4.69, 9.17) is 10.5 Å². The number of ether oxygens (including phenoxy) is 1. The van der Waals surface area contributed by atoms with Gasteiger partial charge in [0.2, 0.25) is 0 Å². The molecular weight excluding hydrogens is 102 g/mol. The molecule has 1 aliphatic rings. The maximum absolute atomic E-state index is 5.35. The Morgan fingerprint density at radius 3 is 3.00 bits per heavy atom. The zero-order valence-corrected chi connectivity index (χ0v) is 4.89. The lowest BCUT2D eigenvalue weighted by molar-refractivity contribution is 0.224. The Kier molecular flexibility index (Phi) is 1.92. The van der Waals surface area contributed by atoms with E-state index in [-0.39, 0.29) is 0 Å². The van der Waals surface area contributed by atoms with Crippen molar-refractivity contribution < 1.29 is 4.74 Å². The van der Waals surface area contributed by atoms with Crippen molar-refractivity contribution in [2.24, 2.45) is 5.73 Å². The predicted octanol–water partition coefficient (Wildman–Crippen LogP) is 0.639. The lowest BCUT2D eigenvalue weighted by Gasteiger charge is -2.10. The summed E-state index contributed by atoms with van der Waals surface area (Å²) >= 11 is 0. The smallest absolute Gasteiger partial charge is 0.0876 e. The molecule has 0 unspecified atom stereocenters. The van der Waals surface area contributed by atoms with Crippen molar-refractivity contribution in [1.82, 2.24) is 0 Å². The van der Waals surface area contributed by atoms with Crippen LogP contribution in [0, 0.1) is 0 Å². The number of rotatable bonds is 1. The van der Waals surface area contributed by atoms with Crippen LogP contribution in [-0.4, -0.2) is 13.2 Å². The normalized spacial score (nSPS) is 19.4. The van der Waals surface area contributed by atoms with Gasteiger partial charge in [-0.3, -0.25) is 0 Å². The van der Waals surface area contributed by atoms with E-state index in [9.17, 15) is 0 Å². The topological polar surface area (TPSA) is 35.2 Å². The van der Waals surface area contributed by atoms with Crippen molar-refractivity contribution in [1.29, 1.82) is 0 Å². The summed E-state index contributed by atoms with van der Waals surface area (Å²) in [6, 6.07) is 0. The second-order valence-electron chi connectivity index (χ2n) is 1.95. The van der Waals surface area contributed by atoms with Gasteiger partial charge in [-0.15, -0.1) is 0 Å². The lowest BCUT2D eigenvalue weighted by atomic mass is 10.1. The maximum Gasteiger partial charge on any atom is 0.0876 e. The second kappa shape index (κ2) is 2.72. The maximum atomic E-state index is 5.35. The van der Waals surface area contributed by atoms with Crippen molar-refractivity contribution in [3.8, 4) is 0 Å². The highest BCUT2D eigenvalue weighted by molar-refractivity contribution is 5.01. The van der Waals surface area contributed by atoms with Crippen LogP contribution >= 0.6 is 0 Å². The molecule has 2 heteroatoms. The first-order valence-corrected chi connectivity index (χ1v) is 2.93. The zero-order valence-electron chi connectivity index (χ0n) is 4.89. The van der Waals surface area contributed by atoms with Crippen molar-refractivity contribution in [3.05, 3.63) is 11.8 Å². The monoisotopic (exact) mass is 113 g/mol. The molecule has 8 heavy (non-hydrogen) atoms. The summed E-state index contributed by atoms with van der Waals surface area (Å²) in [5.74, 6) is 0. The molecule has 1 aliphatic heterocycles. The predicted molar refractivity (Wildman–Crippen MR) is 32.3 cm³/mol. The number of hydrogen-bond acceptors (Lipinski definition) is 2. The van der Waals surface area contributed by atoms with Crippen LogP contribution in [0.4, 0.5) is 0 Å². The van der Waals surface area contributed by atoms with Crippen LogP contribution in [0.3, 0.4) is 0 Å². The van der Waals surface area contributed by atoms with E-state index < -0.39 is 0 Å². The lowest BCUT2D eigenvalue weighted by Crippen LogP contribution is -2.08. The van der Waals surface area contributed by atoms with E-state index in [0.29, 0.717) is 6.54 Å². The van der Waals surface area contributed by atoms with Crippen LogP contribution in [0.1, 0.15) is 12.8 Å². The summed E-state index contributed by atoms with van der Waals surface area (Å²) in [6.45, 7) is 1.52. The Bertz CT molecular complexity index is 98.7. The van der Waals surface area contributed by atoms with E-state index in [1.54, 1.807) is 6.26 Å². The quantitative estimate of drug-likeness (QED) is 0.541. The first kappa shape index (κ1) is 5.63. The molecule has 0 aliphatic carbocycles. The standard InChI is InChI=1S/C6H11NO/c7-4-6-2-1-3-8-5-6/h5H,1-4,7H2. The third kappa shape index (κ3) is 1.23. The third-order valence-electron chi connectivity index (χ3n) is 1.27. The summed E-state index contributed by atoms with van der Waals surface area (Å²) in [4.78, 5) is 0. The van der Waals surface area contributed by atoms with Gasteiger partial charge in [-0.2, -0.15) is 0 Å². The minimum atomic E-state index is 0.653. The molecule has 2 nitrogen and oxygen atoms in total. The Hall–Kier alpha value is -0.500. The van der Waals surface area contributed by atoms with Crippen LogP contribution in [0.15, 0.2) is 11.8 Å². The Labute approximate surface area is 49.3 Å². The van der Waals surface area contributed by atoms with Crippen LogP contribution in [0.5, 0.6) is 0 Å². The summed E-state index contributed by atoms with van der Waals surface area (Å²) in [6.07, 6.45) is 4.03. The summed E-state index contributed by atoms with van der Waals surface area (Å²) in [5.41, 5.74) is 6.59. The Morgan fingerprint density at radius 1 is 1.75 bits per heavy atom. The summed E-state index contributed by atoms with van der Waals surface area (Å²) in [5, 5.41) is 0. The van der Waals surface area contributed by atoms with Gasteiger partial charge in [0.15, 0.2) is 0 Å². The van der Waals surface area contributed by atoms with Gasteiger partial charge in [-0.25, -0.2) is 0 Å². The Morgan fingerprint density at radius 2 is 2.62 bits per heavy atom. The molecular formula is C6H11NO. The van der Waals surface area contributed by atoms with E-state index >= 15 is 0 Å². The van der Waals surface area contributed by atoms with E-state index in [1.165, 1.54) is 5.57 Å². The molecule has 0 aromatic heterocycles. The van der Waals surface area contributed by atoms with Crippen LogP contribution in [0.25, 0.3) is 0 Å². The highest BCUT2D eigenvalue weighted by atomic mass is 16.5. The fourth-order valence-corrected chi connectivity index (χ4v) is 0.768. The van der Waals surface area contributed by atoms with Crippen molar-refractivity contribution in [2.75, 3.05) is 13.2 Å². The van der Waals surface area contributed by atoms with Gasteiger partial charge >= 0.3 is 0 Å². The van der Waals surface area contributed by atoms with E-state index in [1.807, 2.05) is 0 Å². The van der Waals surface area contributed by atoms with Gasteiger partial charge in [0, 0.05) is 6.54 Å². The molecule has 0 radical (unpaired) electrons. The number of hydrogen-bond donors (Lipinski definition) is 1. The van der Waals surface area contributed by atoms with Crippen LogP contribution < -0.4 is 5.73 Å². The van der Waals surface area contributed by atoms with Gasteiger partial charge in [-0.1, -0.05) is 0 Å². The molecule has 2 N–H and O–H groups in total. The molecule has 0 fully saturated rings. The molecule has 0 aromatic rings. The zero-order chi connectivity index (χ0) is 5.82. The molecule has 1 heterocycles. The summed E-state index contributed by atoms with van der Waals surface area (Å²) in [7, 11) is 0. The fraction of sp³-hybridized carbons (Fsp3) is 0.667. The largest absolute Gasteiger partial charge is 0.501 e. The molecule has 0 amide bonds. The average molecular weight is 113 g/mol. The van der Waals surface area contributed by atoms with E-state index in [2.05, 4.69) is 0 Å². The molecule has 0 saturated carbocycles. The fourth-order valence-electron chi connectivity index (χ4n) is 0.768. The molecule has 0 saturated heterocycles. The molecule has 1 rings (SSSR count). The molecule has 0 bridgehead atoms. The first-order chi connectivity index (χ1) is 3.93. The van der Waals surface area contributed by atoms with Crippen molar-refractivity contribution in [2.45, 2.75) is 12.8 Å². The van der Waals surface area contributed by atoms with Crippen LogP contribution in [0.2, 0.25) is 0 Å². The minimum absolute atomic E-state index is 0.653. The number of nitrogens with two attached hydrogens (primary N) is 1. The van der Waals surface area contributed by atoms with Crippen LogP contribution in [-0.2, 0) is 4.74 Å². The van der Waals surface area contributed by atoms with Gasteiger partial charge < -0.3 is 10.5 Å². The highest BCUT2D eigenvalue weighted by Crippen LogP contribution is 2.08. The third-order valence-corrected chi connectivity index (χ3v) is 1.27. The average Bonchev–Trinajstić information content (AvgIpc) is 1.90. The van der Waals surface area contributed by atoms with Gasteiger partial charge in [-0.05, 0) is 18.4 Å². The van der Waals surface area contributed by atoms with Gasteiger partial charge in [0.05, 0.1) is 12.9 Å². The van der Waals surface area contributed by atoms with Gasteiger partial charge in [0.1, 0.15) is 0 Å². The second-order valence-corrected chi connectivity index (χ2v) is 1.95. The SMILES string of the molecule is NCC1=COCCC1. The van der Waals surface area contributed by atoms with Crippen molar-refractivity contribution >= 4 is 0 Å². The van der Waals surface area contributed by atoms with Gasteiger partial charge in [0.25, 0.3) is 0 Å². The molecule has 0 atom stereocenters. The molecule has 0 aromatic carbocycles. The first-order valence-electron chi connectivity index (χ1n) is 2.93.